The molecule has 2 rings (SSSR count). The first-order chi connectivity index (χ1) is 8.25. The van der Waals surface area contributed by atoms with Gasteiger partial charge in [-0.05, 0) is 25.0 Å². The molecule has 0 aliphatic carbocycles. The fraction of sp³-hybridized carbons (Fsp3) is 0.500. The van der Waals surface area contributed by atoms with Gasteiger partial charge in [0.15, 0.2) is 0 Å². The van der Waals surface area contributed by atoms with Crippen LogP contribution in [-0.4, -0.2) is 35.4 Å². The van der Waals surface area contributed by atoms with Crippen LogP contribution in [0.15, 0.2) is 18.3 Å². The summed E-state index contributed by atoms with van der Waals surface area (Å²) in [4.78, 5) is 14.7. The summed E-state index contributed by atoms with van der Waals surface area (Å²) in [7, 11) is 0. The molecule has 17 heavy (non-hydrogen) atoms. The van der Waals surface area contributed by atoms with Gasteiger partial charge < -0.3 is 14.6 Å². The number of pyridine rings is 1. The standard InChI is InChI=1S/C12H15NO4/c14-12(15)9-1-2-10(13-7-9)8-17-11-3-5-16-6-4-11/h1-2,7,11H,3-6,8H2,(H,14,15). The highest BCUT2D eigenvalue weighted by molar-refractivity contribution is 5.87. The summed E-state index contributed by atoms with van der Waals surface area (Å²) < 4.78 is 10.9. The second kappa shape index (κ2) is 5.75. The number of rotatable bonds is 4. The Hall–Kier alpha value is -1.46. The molecular weight excluding hydrogens is 222 g/mol. The lowest BCUT2D eigenvalue weighted by molar-refractivity contribution is -0.0399. The molecule has 0 bridgehead atoms. The predicted molar refractivity (Wildman–Crippen MR) is 59.8 cm³/mol. The molecule has 5 heteroatoms. The fourth-order valence-corrected chi connectivity index (χ4v) is 1.68. The highest BCUT2D eigenvalue weighted by Gasteiger charge is 2.14. The van der Waals surface area contributed by atoms with E-state index in [9.17, 15) is 4.79 Å². The Morgan fingerprint density at radius 1 is 1.47 bits per heavy atom. The highest BCUT2D eigenvalue weighted by Crippen LogP contribution is 2.12. The van der Waals surface area contributed by atoms with E-state index in [2.05, 4.69) is 4.98 Å². The summed E-state index contributed by atoms with van der Waals surface area (Å²) in [6, 6.07) is 3.22. The second-order valence-corrected chi connectivity index (χ2v) is 3.97. The summed E-state index contributed by atoms with van der Waals surface area (Å²) >= 11 is 0. The van der Waals surface area contributed by atoms with Crippen LogP contribution >= 0.6 is 0 Å². The van der Waals surface area contributed by atoms with Crippen LogP contribution in [-0.2, 0) is 16.1 Å². The van der Waals surface area contributed by atoms with Crippen LogP contribution in [0.2, 0.25) is 0 Å². The molecule has 0 aromatic carbocycles. The molecule has 92 valence electrons. The van der Waals surface area contributed by atoms with Crippen molar-refractivity contribution in [2.24, 2.45) is 0 Å². The first-order valence-corrected chi connectivity index (χ1v) is 5.63. The predicted octanol–water partition coefficient (Wildman–Crippen LogP) is 1.48. The molecule has 1 aliphatic heterocycles. The molecule has 1 fully saturated rings. The molecule has 1 aromatic rings. The van der Waals surface area contributed by atoms with E-state index in [1.54, 1.807) is 6.07 Å². The maximum absolute atomic E-state index is 10.6. The van der Waals surface area contributed by atoms with Crippen molar-refractivity contribution in [3.05, 3.63) is 29.6 Å². The van der Waals surface area contributed by atoms with Crippen LogP contribution in [0.4, 0.5) is 0 Å². The molecule has 1 saturated heterocycles. The maximum atomic E-state index is 10.6. The van der Waals surface area contributed by atoms with Crippen molar-refractivity contribution in [1.82, 2.24) is 4.98 Å². The minimum absolute atomic E-state index is 0.194. The largest absolute Gasteiger partial charge is 0.478 e. The van der Waals surface area contributed by atoms with Gasteiger partial charge in [-0.1, -0.05) is 0 Å². The van der Waals surface area contributed by atoms with Crippen LogP contribution in [0, 0.1) is 0 Å². The number of aromatic nitrogens is 1. The number of carbonyl (C=O) groups is 1. The molecule has 0 saturated carbocycles. The van der Waals surface area contributed by atoms with Gasteiger partial charge in [0, 0.05) is 19.4 Å². The molecular formula is C12H15NO4. The molecule has 2 heterocycles. The van der Waals surface area contributed by atoms with Crippen molar-refractivity contribution >= 4 is 5.97 Å². The summed E-state index contributed by atoms with van der Waals surface area (Å²) in [5.74, 6) is -0.964. The van der Waals surface area contributed by atoms with E-state index in [1.165, 1.54) is 12.3 Å². The van der Waals surface area contributed by atoms with Crippen LogP contribution in [0.5, 0.6) is 0 Å². The first-order valence-electron chi connectivity index (χ1n) is 5.63. The van der Waals surface area contributed by atoms with Gasteiger partial charge in [-0.3, -0.25) is 4.98 Å². The van der Waals surface area contributed by atoms with Gasteiger partial charge in [-0.15, -0.1) is 0 Å². The number of hydrogen-bond donors (Lipinski definition) is 1. The van der Waals surface area contributed by atoms with Crippen molar-refractivity contribution in [3.8, 4) is 0 Å². The van der Waals surface area contributed by atoms with Crippen LogP contribution in [0.1, 0.15) is 28.9 Å². The number of ether oxygens (including phenoxy) is 2. The third-order valence-electron chi connectivity index (χ3n) is 2.71. The van der Waals surface area contributed by atoms with E-state index in [0.717, 1.165) is 31.7 Å². The van der Waals surface area contributed by atoms with Gasteiger partial charge in [0.1, 0.15) is 0 Å². The number of nitrogens with zero attached hydrogens (tertiary/aromatic N) is 1. The Bertz CT molecular complexity index is 371. The van der Waals surface area contributed by atoms with Gasteiger partial charge in [0.25, 0.3) is 0 Å². The Labute approximate surface area is 99.4 Å². The molecule has 5 nitrogen and oxygen atoms in total. The van der Waals surface area contributed by atoms with Crippen molar-refractivity contribution in [2.75, 3.05) is 13.2 Å². The summed E-state index contributed by atoms with van der Waals surface area (Å²) in [6.45, 7) is 1.91. The lowest BCUT2D eigenvalue weighted by Gasteiger charge is -2.22. The third-order valence-corrected chi connectivity index (χ3v) is 2.71. The topological polar surface area (TPSA) is 68.7 Å². The van der Waals surface area contributed by atoms with Gasteiger partial charge >= 0.3 is 5.97 Å². The number of aromatic carboxylic acids is 1. The zero-order chi connectivity index (χ0) is 12.1. The molecule has 1 aliphatic rings. The lowest BCUT2D eigenvalue weighted by atomic mass is 10.1. The minimum Gasteiger partial charge on any atom is -0.478 e. The molecule has 0 atom stereocenters. The Kier molecular flexibility index (Phi) is 4.06. The van der Waals surface area contributed by atoms with Crippen LogP contribution in [0.3, 0.4) is 0 Å². The molecule has 1 aromatic heterocycles. The van der Waals surface area contributed by atoms with Gasteiger partial charge in [0.05, 0.1) is 24.0 Å². The van der Waals surface area contributed by atoms with Crippen molar-refractivity contribution in [2.45, 2.75) is 25.6 Å². The number of carboxylic acids is 1. The monoisotopic (exact) mass is 237 g/mol. The van der Waals surface area contributed by atoms with Gasteiger partial charge in [-0.2, -0.15) is 0 Å². The van der Waals surface area contributed by atoms with Gasteiger partial charge in [0.2, 0.25) is 0 Å². The van der Waals surface area contributed by atoms with Crippen molar-refractivity contribution in [3.63, 3.8) is 0 Å². The Balaban J connectivity index is 1.84. The quantitative estimate of drug-likeness (QED) is 0.858. The second-order valence-electron chi connectivity index (χ2n) is 3.97. The van der Waals surface area contributed by atoms with E-state index in [4.69, 9.17) is 14.6 Å². The zero-order valence-electron chi connectivity index (χ0n) is 9.46. The Morgan fingerprint density at radius 3 is 2.82 bits per heavy atom. The summed E-state index contributed by atoms with van der Waals surface area (Å²) in [5.41, 5.74) is 0.946. The Morgan fingerprint density at radius 2 is 2.24 bits per heavy atom. The highest BCUT2D eigenvalue weighted by atomic mass is 16.5. The van der Waals surface area contributed by atoms with Gasteiger partial charge in [-0.25, -0.2) is 4.79 Å². The van der Waals surface area contributed by atoms with Crippen molar-refractivity contribution < 1.29 is 19.4 Å². The number of carboxylic acid groups (broad SMARTS) is 1. The zero-order valence-corrected chi connectivity index (χ0v) is 9.46. The van der Waals surface area contributed by atoms with E-state index in [1.807, 2.05) is 0 Å². The smallest absolute Gasteiger partial charge is 0.337 e. The lowest BCUT2D eigenvalue weighted by Crippen LogP contribution is -2.23. The fourth-order valence-electron chi connectivity index (χ4n) is 1.68. The molecule has 1 N–H and O–H groups in total. The van der Waals surface area contributed by atoms with Crippen LogP contribution in [0.25, 0.3) is 0 Å². The minimum atomic E-state index is -0.964. The number of hydrogen-bond acceptors (Lipinski definition) is 4. The maximum Gasteiger partial charge on any atom is 0.337 e. The van der Waals surface area contributed by atoms with E-state index < -0.39 is 5.97 Å². The summed E-state index contributed by atoms with van der Waals surface area (Å²) in [5, 5.41) is 8.72. The normalized spacial score (nSPS) is 16.9. The molecule has 0 spiro atoms. The average Bonchev–Trinajstić information content (AvgIpc) is 2.38. The summed E-state index contributed by atoms with van der Waals surface area (Å²) in [6.07, 6.45) is 3.40. The SMILES string of the molecule is O=C(O)c1ccc(COC2CCOCC2)nc1. The van der Waals surface area contributed by atoms with E-state index in [-0.39, 0.29) is 11.7 Å². The average molecular weight is 237 g/mol. The molecule has 0 amide bonds. The third kappa shape index (κ3) is 3.51. The van der Waals surface area contributed by atoms with E-state index >= 15 is 0 Å². The molecule has 0 unspecified atom stereocenters. The van der Waals surface area contributed by atoms with Crippen molar-refractivity contribution in [1.29, 1.82) is 0 Å². The first kappa shape index (κ1) is 12.0. The van der Waals surface area contributed by atoms with Crippen LogP contribution < -0.4 is 0 Å². The van der Waals surface area contributed by atoms with E-state index in [0.29, 0.717) is 6.61 Å². The molecule has 0 radical (unpaired) electrons.